The number of hydrogen-bond acceptors (Lipinski definition) is 8. The Morgan fingerprint density at radius 1 is 1.00 bits per heavy atom. The van der Waals surface area contributed by atoms with Crippen molar-refractivity contribution in [3.8, 4) is 0 Å². The molecule has 13 atom stereocenters. The highest BCUT2D eigenvalue weighted by Gasteiger charge is 2.96. The number of fused-ring (bicyclic) bond motifs is 1. The molecule has 2 spiro atoms. The number of esters is 3. The van der Waals surface area contributed by atoms with Crippen molar-refractivity contribution in [3.63, 3.8) is 0 Å². The summed E-state index contributed by atoms with van der Waals surface area (Å²) in [6, 6.07) is 0.101. The first kappa shape index (κ1) is 21.4. The van der Waals surface area contributed by atoms with Crippen LogP contribution in [0.25, 0.3) is 0 Å². The third kappa shape index (κ3) is 1.95. The van der Waals surface area contributed by atoms with Crippen LogP contribution in [0.3, 0.4) is 0 Å². The van der Waals surface area contributed by atoms with E-state index in [0.29, 0.717) is 24.8 Å². The summed E-state index contributed by atoms with van der Waals surface area (Å²) in [6.07, 6.45) is 1.31. The van der Waals surface area contributed by atoms with E-state index in [4.69, 9.17) is 14.2 Å². The zero-order valence-electron chi connectivity index (χ0n) is 20.2. The quantitative estimate of drug-likeness (QED) is 0.376. The zero-order chi connectivity index (χ0) is 24.2. The van der Waals surface area contributed by atoms with Gasteiger partial charge in [0.1, 0.15) is 23.9 Å². The molecule has 9 aliphatic rings. The van der Waals surface area contributed by atoms with Crippen LogP contribution in [0, 0.1) is 34.0 Å². The third-order valence-electron chi connectivity index (χ3n) is 11.1. The van der Waals surface area contributed by atoms with Crippen LogP contribution in [-0.2, 0) is 28.6 Å². The van der Waals surface area contributed by atoms with Gasteiger partial charge in [0.25, 0.3) is 0 Å². The van der Waals surface area contributed by atoms with Gasteiger partial charge in [-0.3, -0.25) is 19.3 Å². The van der Waals surface area contributed by atoms with Gasteiger partial charge in [-0.1, -0.05) is 19.1 Å². The molecule has 0 aromatic heterocycles. The highest BCUT2D eigenvalue weighted by Crippen LogP contribution is 2.88. The molecule has 0 aromatic carbocycles. The second-order valence-corrected chi connectivity index (χ2v) is 12.7. The third-order valence-corrected chi connectivity index (χ3v) is 11.1. The Morgan fingerprint density at radius 2 is 1.68 bits per heavy atom. The second-order valence-electron chi connectivity index (χ2n) is 12.7. The lowest BCUT2D eigenvalue weighted by Crippen LogP contribution is -2.77. The molecule has 184 valence electrons. The molecule has 9 bridgehead atoms. The van der Waals surface area contributed by atoms with E-state index in [1.54, 1.807) is 0 Å². The monoisotopic (exact) mass is 471 g/mol. The SMILES string of the molecule is C=C1C[C@@]23C[C@H]4[C@H]5[C@]6(C)C[C@H](OC(C)=O)C[C@@]57[C@@H]2[C@H](OC(C)=O)[C@@H]1[C@@H](OC(C)=O)[C@]3(O)[C@H]7N4C6. The van der Waals surface area contributed by atoms with Crippen molar-refractivity contribution in [1.82, 2.24) is 4.90 Å². The predicted octanol–water partition coefficient (Wildman–Crippen LogP) is 1.59. The lowest BCUT2D eigenvalue weighted by molar-refractivity contribution is -0.287. The van der Waals surface area contributed by atoms with Gasteiger partial charge in [-0.15, -0.1) is 0 Å². The number of piperidine rings is 2. The van der Waals surface area contributed by atoms with Gasteiger partial charge in [0.05, 0.1) is 5.92 Å². The Hall–Kier alpha value is -1.93. The van der Waals surface area contributed by atoms with Gasteiger partial charge < -0.3 is 19.3 Å². The van der Waals surface area contributed by atoms with Crippen molar-refractivity contribution in [3.05, 3.63) is 12.2 Å². The molecule has 3 heterocycles. The average molecular weight is 472 g/mol. The van der Waals surface area contributed by atoms with Gasteiger partial charge in [-0.05, 0) is 37.0 Å². The highest BCUT2D eigenvalue weighted by molar-refractivity contribution is 5.68. The van der Waals surface area contributed by atoms with Crippen molar-refractivity contribution in [2.45, 2.75) is 89.4 Å². The van der Waals surface area contributed by atoms with Gasteiger partial charge in [0.15, 0.2) is 0 Å². The molecule has 6 aliphatic carbocycles. The number of ether oxygens (including phenoxy) is 3. The normalized spacial score (nSPS) is 58.7. The summed E-state index contributed by atoms with van der Waals surface area (Å²) in [7, 11) is 0. The molecular formula is C26H33NO7. The van der Waals surface area contributed by atoms with Crippen LogP contribution >= 0.6 is 0 Å². The minimum atomic E-state index is -1.25. The van der Waals surface area contributed by atoms with Crippen LogP contribution in [0.1, 0.15) is 53.4 Å². The molecule has 8 nitrogen and oxygen atoms in total. The number of rotatable bonds is 3. The number of hydrogen-bond donors (Lipinski definition) is 1. The number of aliphatic hydroxyl groups is 1. The number of carbonyl (C=O) groups excluding carboxylic acids is 3. The summed E-state index contributed by atoms with van der Waals surface area (Å²) in [4.78, 5) is 39.2. The zero-order valence-corrected chi connectivity index (χ0v) is 20.2. The summed E-state index contributed by atoms with van der Waals surface area (Å²) < 4.78 is 17.9. The Bertz CT molecular complexity index is 1070. The van der Waals surface area contributed by atoms with Gasteiger partial charge in [0.2, 0.25) is 0 Å². The van der Waals surface area contributed by atoms with E-state index < -0.39 is 35.1 Å². The lowest BCUT2D eigenvalue weighted by Gasteiger charge is -2.68. The maximum Gasteiger partial charge on any atom is 0.303 e. The first-order chi connectivity index (χ1) is 15.9. The van der Waals surface area contributed by atoms with E-state index in [-0.39, 0.29) is 40.8 Å². The average Bonchev–Trinajstić information content (AvgIpc) is 3.09. The van der Waals surface area contributed by atoms with E-state index in [9.17, 15) is 19.5 Å². The molecule has 1 unspecified atom stereocenters. The molecule has 9 rings (SSSR count). The number of nitrogens with zero attached hydrogens (tertiary/aromatic N) is 1. The summed E-state index contributed by atoms with van der Waals surface area (Å²) >= 11 is 0. The topological polar surface area (TPSA) is 102 Å². The van der Waals surface area contributed by atoms with Crippen LogP contribution in [0.15, 0.2) is 12.2 Å². The molecule has 8 heteroatoms. The first-order valence-corrected chi connectivity index (χ1v) is 12.6. The summed E-state index contributed by atoms with van der Waals surface area (Å²) in [5.41, 5.74) is -1.37. The van der Waals surface area contributed by atoms with E-state index >= 15 is 0 Å². The van der Waals surface area contributed by atoms with Crippen LogP contribution < -0.4 is 0 Å². The lowest BCUT2D eigenvalue weighted by atomic mass is 9.39. The van der Waals surface area contributed by atoms with Crippen LogP contribution in [-0.4, -0.2) is 70.5 Å². The second kappa shape index (κ2) is 5.89. The van der Waals surface area contributed by atoms with E-state index in [0.717, 1.165) is 25.0 Å². The van der Waals surface area contributed by atoms with Crippen molar-refractivity contribution < 1.29 is 33.7 Å². The maximum absolute atomic E-state index is 12.8. The largest absolute Gasteiger partial charge is 0.463 e. The van der Waals surface area contributed by atoms with Crippen molar-refractivity contribution in [2.24, 2.45) is 34.0 Å². The van der Waals surface area contributed by atoms with Gasteiger partial charge in [0, 0.05) is 56.1 Å². The summed E-state index contributed by atoms with van der Waals surface area (Å²) in [5.74, 6) is -1.34. The first-order valence-electron chi connectivity index (χ1n) is 12.6. The molecule has 0 radical (unpaired) electrons. The van der Waals surface area contributed by atoms with E-state index in [1.807, 2.05) is 0 Å². The molecular weight excluding hydrogens is 438 g/mol. The van der Waals surface area contributed by atoms with Crippen molar-refractivity contribution in [2.75, 3.05) is 6.54 Å². The summed E-state index contributed by atoms with van der Waals surface area (Å²) in [6.45, 7) is 11.7. The smallest absolute Gasteiger partial charge is 0.303 e. The molecule has 1 N–H and O–H groups in total. The van der Waals surface area contributed by atoms with E-state index in [2.05, 4.69) is 18.4 Å². The molecule has 6 saturated carbocycles. The van der Waals surface area contributed by atoms with Gasteiger partial charge in [-0.25, -0.2) is 0 Å². The van der Waals surface area contributed by atoms with Crippen molar-refractivity contribution >= 4 is 17.9 Å². The van der Waals surface area contributed by atoms with Crippen LogP contribution in [0.2, 0.25) is 0 Å². The van der Waals surface area contributed by atoms with Gasteiger partial charge >= 0.3 is 17.9 Å². The van der Waals surface area contributed by atoms with Crippen molar-refractivity contribution in [1.29, 1.82) is 0 Å². The fourth-order valence-electron chi connectivity index (χ4n) is 11.6. The Labute approximate surface area is 199 Å². The number of carbonyl (C=O) groups is 3. The fraction of sp³-hybridized carbons (Fsp3) is 0.808. The molecule has 0 amide bonds. The standard InChI is InChI=1S/C26H33NO7/c1-11-6-24-9-16-19-23(5)7-15(32-12(2)28)8-25(19)20(24)18(33-13(3)29)17(11)21(34-14(4)30)26(24,31)22(25)27(16)10-23/h15-22,31H,1,6-10H2,2-5H3/t15-,16-,17+,18+,19-,20+,21+,22-,23+,24+,25-,26-/m0/s1. The molecule has 9 fully saturated rings. The maximum atomic E-state index is 12.8. The molecule has 0 aromatic rings. The molecule has 34 heavy (non-hydrogen) atoms. The minimum absolute atomic E-state index is 0.0526. The van der Waals surface area contributed by atoms with E-state index in [1.165, 1.54) is 20.8 Å². The molecule has 3 aliphatic heterocycles. The summed E-state index contributed by atoms with van der Waals surface area (Å²) in [5, 5.41) is 12.8. The fourth-order valence-corrected chi connectivity index (χ4v) is 11.6. The van der Waals surface area contributed by atoms with Crippen LogP contribution in [0.4, 0.5) is 0 Å². The van der Waals surface area contributed by atoms with Crippen LogP contribution in [0.5, 0.6) is 0 Å². The Kier molecular flexibility index (Phi) is 3.70. The minimum Gasteiger partial charge on any atom is -0.463 e. The predicted molar refractivity (Wildman–Crippen MR) is 117 cm³/mol. The Balaban J connectivity index is 1.48. The van der Waals surface area contributed by atoms with Gasteiger partial charge in [-0.2, -0.15) is 0 Å². The Morgan fingerprint density at radius 3 is 2.32 bits per heavy atom. The molecule has 3 saturated heterocycles. The highest BCUT2D eigenvalue weighted by atomic mass is 16.6.